The maximum absolute atomic E-state index is 11.2. The number of nitrogens with one attached hydrogen (secondary N) is 2. The number of hydrogen-bond acceptors (Lipinski definition) is 4. The Hall–Kier alpha value is -1.14. The Labute approximate surface area is 101 Å². The summed E-state index contributed by atoms with van der Waals surface area (Å²) in [6, 6.07) is -0.166. The molecule has 2 amide bonds. The van der Waals surface area contributed by atoms with Crippen LogP contribution in [0.1, 0.15) is 32.1 Å². The van der Waals surface area contributed by atoms with Crippen LogP contribution in [0, 0.1) is 0 Å². The van der Waals surface area contributed by atoms with Gasteiger partial charge in [0.2, 0.25) is 11.8 Å². The molecule has 0 spiro atoms. The third-order valence-corrected chi connectivity index (χ3v) is 3.04. The van der Waals surface area contributed by atoms with Gasteiger partial charge in [-0.15, -0.1) is 0 Å². The Balaban J connectivity index is 2.25. The quantitative estimate of drug-likeness (QED) is 0.408. The topological polar surface area (TPSA) is 110 Å². The molecule has 0 radical (unpaired) electrons. The molecule has 2 atom stereocenters. The average molecular weight is 242 g/mol. The second kappa shape index (κ2) is 6.56. The Bertz CT molecular complexity index is 279. The van der Waals surface area contributed by atoms with E-state index >= 15 is 0 Å². The summed E-state index contributed by atoms with van der Waals surface area (Å²) in [5.41, 5.74) is 10.5. The third kappa shape index (κ3) is 5.14. The molecule has 1 aliphatic rings. The lowest BCUT2D eigenvalue weighted by Crippen LogP contribution is -2.43. The molecule has 0 aromatic rings. The number of carbonyl (C=O) groups is 2. The fraction of sp³-hybridized carbons (Fsp3) is 0.818. The van der Waals surface area contributed by atoms with Crippen molar-refractivity contribution in [2.24, 2.45) is 11.5 Å². The minimum Gasteiger partial charge on any atom is -0.368 e. The predicted octanol–water partition coefficient (Wildman–Crippen LogP) is -1.16. The maximum atomic E-state index is 11.2. The SMILES string of the molecule is CNC(CCCC(NC1CC1)C(N)=O)C(N)=O. The van der Waals surface area contributed by atoms with Crippen LogP contribution in [0.25, 0.3) is 0 Å². The van der Waals surface area contributed by atoms with Gasteiger partial charge < -0.3 is 22.1 Å². The van der Waals surface area contributed by atoms with E-state index in [0.717, 1.165) is 19.3 Å². The van der Waals surface area contributed by atoms with Crippen LogP contribution in [0.3, 0.4) is 0 Å². The summed E-state index contributed by atoms with van der Waals surface area (Å²) in [6.45, 7) is 0. The molecule has 1 saturated carbocycles. The summed E-state index contributed by atoms with van der Waals surface area (Å²) in [7, 11) is 1.70. The molecule has 0 aromatic heterocycles. The minimum atomic E-state index is -0.363. The summed E-state index contributed by atoms with van der Waals surface area (Å²) in [5.74, 6) is -0.685. The summed E-state index contributed by atoms with van der Waals surface area (Å²) < 4.78 is 0. The summed E-state index contributed by atoms with van der Waals surface area (Å²) in [6.07, 6.45) is 4.25. The first-order chi connectivity index (χ1) is 8.04. The van der Waals surface area contributed by atoms with Crippen LogP contribution in [-0.2, 0) is 9.59 Å². The first-order valence-electron chi connectivity index (χ1n) is 6.06. The Morgan fingerprint density at radius 3 is 2.12 bits per heavy atom. The monoisotopic (exact) mass is 242 g/mol. The molecule has 1 aliphatic carbocycles. The second-order valence-electron chi connectivity index (χ2n) is 4.57. The van der Waals surface area contributed by atoms with E-state index in [0.29, 0.717) is 18.9 Å². The molecular weight excluding hydrogens is 220 g/mol. The van der Waals surface area contributed by atoms with Crippen molar-refractivity contribution < 1.29 is 9.59 Å². The Morgan fingerprint density at radius 2 is 1.71 bits per heavy atom. The number of rotatable bonds is 9. The number of carbonyl (C=O) groups excluding carboxylic acids is 2. The lowest BCUT2D eigenvalue weighted by molar-refractivity contribution is -0.120. The highest BCUT2D eigenvalue weighted by Gasteiger charge is 2.27. The molecule has 0 aromatic carbocycles. The molecule has 6 N–H and O–H groups in total. The maximum Gasteiger partial charge on any atom is 0.234 e. The summed E-state index contributed by atoms with van der Waals surface area (Å²) in [4.78, 5) is 22.2. The standard InChI is InChI=1S/C11H22N4O2/c1-14-8(10(12)16)3-2-4-9(11(13)17)15-7-5-6-7/h7-9,14-15H,2-6H2,1H3,(H2,12,16)(H2,13,17). The second-order valence-corrected chi connectivity index (χ2v) is 4.57. The summed E-state index contributed by atoms with van der Waals surface area (Å²) in [5, 5.41) is 6.05. The van der Waals surface area contributed by atoms with Crippen LogP contribution in [0.4, 0.5) is 0 Å². The largest absolute Gasteiger partial charge is 0.368 e. The molecule has 1 rings (SSSR count). The van der Waals surface area contributed by atoms with Crippen molar-refractivity contribution in [1.82, 2.24) is 10.6 Å². The fourth-order valence-corrected chi connectivity index (χ4v) is 1.80. The van der Waals surface area contributed by atoms with Crippen LogP contribution >= 0.6 is 0 Å². The van der Waals surface area contributed by atoms with Crippen LogP contribution in [0.5, 0.6) is 0 Å². The highest BCUT2D eigenvalue weighted by molar-refractivity contribution is 5.80. The first kappa shape index (κ1) is 13.9. The molecular formula is C11H22N4O2. The highest BCUT2D eigenvalue weighted by Crippen LogP contribution is 2.20. The van der Waals surface area contributed by atoms with Crippen molar-refractivity contribution in [1.29, 1.82) is 0 Å². The molecule has 0 saturated heterocycles. The Kier molecular flexibility index (Phi) is 5.37. The van der Waals surface area contributed by atoms with Crippen LogP contribution in [0.2, 0.25) is 0 Å². The van der Waals surface area contributed by atoms with Crippen molar-refractivity contribution in [3.63, 3.8) is 0 Å². The van der Waals surface area contributed by atoms with E-state index in [1.54, 1.807) is 7.05 Å². The molecule has 17 heavy (non-hydrogen) atoms. The number of amides is 2. The van der Waals surface area contributed by atoms with Gasteiger partial charge in [0.25, 0.3) is 0 Å². The highest BCUT2D eigenvalue weighted by atomic mass is 16.1. The fourth-order valence-electron chi connectivity index (χ4n) is 1.80. The van der Waals surface area contributed by atoms with Gasteiger partial charge in [0.05, 0.1) is 12.1 Å². The van der Waals surface area contributed by atoms with E-state index in [9.17, 15) is 9.59 Å². The number of nitrogens with two attached hydrogens (primary N) is 2. The van der Waals surface area contributed by atoms with E-state index in [-0.39, 0.29) is 23.9 Å². The van der Waals surface area contributed by atoms with Gasteiger partial charge in [-0.1, -0.05) is 0 Å². The Morgan fingerprint density at radius 1 is 1.18 bits per heavy atom. The average Bonchev–Trinajstić information content (AvgIpc) is 3.05. The molecule has 2 unspecified atom stereocenters. The number of likely N-dealkylation sites (N-methyl/N-ethyl adjacent to an activating group) is 1. The normalized spacial score (nSPS) is 18.6. The zero-order chi connectivity index (χ0) is 12.8. The van der Waals surface area contributed by atoms with Gasteiger partial charge >= 0.3 is 0 Å². The molecule has 1 fully saturated rings. The summed E-state index contributed by atoms with van der Waals surface area (Å²) >= 11 is 0. The van der Waals surface area contributed by atoms with E-state index in [2.05, 4.69) is 10.6 Å². The zero-order valence-corrected chi connectivity index (χ0v) is 10.2. The number of hydrogen-bond donors (Lipinski definition) is 4. The zero-order valence-electron chi connectivity index (χ0n) is 10.2. The molecule has 0 bridgehead atoms. The van der Waals surface area contributed by atoms with Crippen molar-refractivity contribution >= 4 is 11.8 Å². The third-order valence-electron chi connectivity index (χ3n) is 3.04. The van der Waals surface area contributed by atoms with Crippen LogP contribution < -0.4 is 22.1 Å². The molecule has 0 heterocycles. The van der Waals surface area contributed by atoms with Crippen molar-refractivity contribution in [2.45, 2.75) is 50.2 Å². The lowest BCUT2D eigenvalue weighted by Gasteiger charge is -2.16. The van der Waals surface area contributed by atoms with Crippen molar-refractivity contribution in [3.8, 4) is 0 Å². The first-order valence-corrected chi connectivity index (χ1v) is 6.06. The van der Waals surface area contributed by atoms with E-state index < -0.39 is 0 Å². The van der Waals surface area contributed by atoms with Gasteiger partial charge in [0.1, 0.15) is 0 Å². The molecule has 6 heteroatoms. The minimum absolute atomic E-state index is 0.284. The number of primary amides is 2. The van der Waals surface area contributed by atoms with Gasteiger partial charge in [-0.05, 0) is 39.2 Å². The predicted molar refractivity (Wildman–Crippen MR) is 65.0 cm³/mol. The van der Waals surface area contributed by atoms with E-state index in [4.69, 9.17) is 11.5 Å². The van der Waals surface area contributed by atoms with Gasteiger partial charge in [0.15, 0.2) is 0 Å². The van der Waals surface area contributed by atoms with Crippen LogP contribution in [0.15, 0.2) is 0 Å². The molecule has 98 valence electrons. The van der Waals surface area contributed by atoms with Gasteiger partial charge in [-0.2, -0.15) is 0 Å². The smallest absolute Gasteiger partial charge is 0.234 e. The molecule has 6 nitrogen and oxygen atoms in total. The van der Waals surface area contributed by atoms with Gasteiger partial charge in [-0.3, -0.25) is 9.59 Å². The van der Waals surface area contributed by atoms with E-state index in [1.807, 2.05) is 0 Å². The lowest BCUT2D eigenvalue weighted by atomic mass is 10.0. The van der Waals surface area contributed by atoms with E-state index in [1.165, 1.54) is 0 Å². The van der Waals surface area contributed by atoms with Crippen molar-refractivity contribution in [3.05, 3.63) is 0 Å². The molecule has 0 aliphatic heterocycles. The van der Waals surface area contributed by atoms with Gasteiger partial charge in [-0.25, -0.2) is 0 Å². The van der Waals surface area contributed by atoms with Crippen molar-refractivity contribution in [2.75, 3.05) is 7.05 Å². The van der Waals surface area contributed by atoms with Crippen LogP contribution in [-0.4, -0.2) is 37.0 Å². The van der Waals surface area contributed by atoms with Gasteiger partial charge in [0, 0.05) is 6.04 Å².